The first-order valence-electron chi connectivity index (χ1n) is 6.65. The third-order valence-corrected chi connectivity index (χ3v) is 5.84. The summed E-state index contributed by atoms with van der Waals surface area (Å²) in [4.78, 5) is 0.0994. The van der Waals surface area contributed by atoms with Crippen LogP contribution in [0.15, 0.2) is 23.1 Å². The molecule has 0 radical (unpaired) electrons. The van der Waals surface area contributed by atoms with E-state index in [1.165, 1.54) is 10.4 Å². The summed E-state index contributed by atoms with van der Waals surface area (Å²) < 4.78 is 27.0. The van der Waals surface area contributed by atoms with E-state index in [1.807, 2.05) is 13.0 Å². The van der Waals surface area contributed by atoms with Gasteiger partial charge in [-0.3, -0.25) is 0 Å². The molecule has 0 aromatic heterocycles. The summed E-state index contributed by atoms with van der Waals surface area (Å²) in [6, 6.07) is 6.82. The van der Waals surface area contributed by atoms with E-state index in [0.717, 1.165) is 0 Å². The summed E-state index contributed by atoms with van der Waals surface area (Å²) in [6.45, 7) is 4.01. The Balaban J connectivity index is 2.47. The van der Waals surface area contributed by atoms with E-state index in [4.69, 9.17) is 5.73 Å². The maximum Gasteiger partial charge on any atom is 0.244 e. The Kier molecular flexibility index (Phi) is 4.14. The molecule has 20 heavy (non-hydrogen) atoms. The average molecular weight is 293 g/mol. The fourth-order valence-electron chi connectivity index (χ4n) is 2.67. The minimum atomic E-state index is -3.64. The predicted octanol–water partition coefficient (Wildman–Crippen LogP) is 1.37. The smallest absolute Gasteiger partial charge is 0.244 e. The minimum Gasteiger partial charge on any atom is -0.328 e. The number of aryl methyl sites for hydroxylation is 1. The van der Waals surface area contributed by atoms with Crippen LogP contribution in [0.25, 0.3) is 0 Å². The molecule has 0 amide bonds. The fraction of sp³-hybridized carbons (Fsp3) is 0.500. The number of nitrogens with zero attached hydrogens (tertiary/aromatic N) is 2. The van der Waals surface area contributed by atoms with Gasteiger partial charge in [-0.2, -0.15) is 9.57 Å². The van der Waals surface area contributed by atoms with Crippen LogP contribution in [0.3, 0.4) is 0 Å². The van der Waals surface area contributed by atoms with Crippen LogP contribution < -0.4 is 5.73 Å². The van der Waals surface area contributed by atoms with Crippen molar-refractivity contribution in [1.29, 1.82) is 5.26 Å². The lowest BCUT2D eigenvalue weighted by Crippen LogP contribution is -2.48. The van der Waals surface area contributed by atoms with Crippen molar-refractivity contribution in [2.45, 2.75) is 43.7 Å². The summed E-state index contributed by atoms with van der Waals surface area (Å²) >= 11 is 0. The Morgan fingerprint density at radius 2 is 2.15 bits per heavy atom. The van der Waals surface area contributed by atoms with Crippen molar-refractivity contribution < 1.29 is 8.42 Å². The van der Waals surface area contributed by atoms with Crippen LogP contribution in [0.4, 0.5) is 0 Å². The summed E-state index contributed by atoms with van der Waals surface area (Å²) in [7, 11) is -3.64. The maximum atomic E-state index is 12.8. The molecule has 1 aromatic rings. The first kappa shape index (κ1) is 15.0. The van der Waals surface area contributed by atoms with Gasteiger partial charge >= 0.3 is 0 Å². The molecule has 1 aliphatic rings. The molecule has 5 nitrogen and oxygen atoms in total. The Morgan fingerprint density at radius 3 is 2.75 bits per heavy atom. The van der Waals surface area contributed by atoms with E-state index in [-0.39, 0.29) is 22.5 Å². The van der Waals surface area contributed by atoms with Gasteiger partial charge in [0, 0.05) is 18.6 Å². The van der Waals surface area contributed by atoms with Crippen LogP contribution in [0.2, 0.25) is 0 Å². The zero-order valence-corrected chi connectivity index (χ0v) is 12.5. The number of benzene rings is 1. The van der Waals surface area contributed by atoms with E-state index < -0.39 is 10.0 Å². The number of rotatable bonds is 2. The molecule has 1 saturated heterocycles. The van der Waals surface area contributed by atoms with Crippen molar-refractivity contribution in [3.05, 3.63) is 29.3 Å². The maximum absolute atomic E-state index is 12.8. The van der Waals surface area contributed by atoms with Crippen LogP contribution >= 0.6 is 0 Å². The number of piperidine rings is 1. The third-order valence-electron chi connectivity index (χ3n) is 3.79. The van der Waals surface area contributed by atoms with Crippen LogP contribution in [0.1, 0.15) is 30.9 Å². The van der Waals surface area contributed by atoms with E-state index in [9.17, 15) is 13.7 Å². The van der Waals surface area contributed by atoms with Crippen molar-refractivity contribution in [2.24, 2.45) is 5.73 Å². The zero-order valence-electron chi connectivity index (χ0n) is 11.7. The van der Waals surface area contributed by atoms with Gasteiger partial charge < -0.3 is 5.73 Å². The molecule has 2 rings (SSSR count). The predicted molar refractivity (Wildman–Crippen MR) is 76.5 cm³/mol. The number of nitrogens with two attached hydrogens (primary N) is 1. The van der Waals surface area contributed by atoms with Gasteiger partial charge in [-0.15, -0.1) is 0 Å². The monoisotopic (exact) mass is 293 g/mol. The molecule has 1 fully saturated rings. The first-order valence-corrected chi connectivity index (χ1v) is 8.09. The summed E-state index contributed by atoms with van der Waals surface area (Å²) in [5.41, 5.74) is 6.78. The largest absolute Gasteiger partial charge is 0.328 e. The molecule has 6 heteroatoms. The van der Waals surface area contributed by atoms with Crippen LogP contribution in [0, 0.1) is 18.3 Å². The number of nitriles is 1. The Bertz CT molecular complexity index is 649. The lowest BCUT2D eigenvalue weighted by atomic mass is 10.0. The second-order valence-electron chi connectivity index (χ2n) is 5.31. The molecule has 0 aliphatic carbocycles. The molecule has 2 N–H and O–H groups in total. The standard InChI is InChI=1S/C14H19N3O2S/c1-10-4-3-5-14(13(10)9-15)20(18,19)17-7-6-12(16)8-11(17)2/h3-5,11-12H,6-8,16H2,1-2H3/t11-,12-/m1/s1. The molecular formula is C14H19N3O2S. The molecule has 0 unspecified atom stereocenters. The van der Waals surface area contributed by atoms with Gasteiger partial charge in [-0.05, 0) is 38.3 Å². The molecule has 0 saturated carbocycles. The van der Waals surface area contributed by atoms with E-state index in [0.29, 0.717) is 24.9 Å². The van der Waals surface area contributed by atoms with Crippen molar-refractivity contribution in [1.82, 2.24) is 4.31 Å². The molecule has 1 aliphatic heterocycles. The molecule has 1 aromatic carbocycles. The Morgan fingerprint density at radius 1 is 1.45 bits per heavy atom. The minimum absolute atomic E-state index is 0.0457. The van der Waals surface area contributed by atoms with E-state index >= 15 is 0 Å². The summed E-state index contributed by atoms with van der Waals surface area (Å²) in [6.07, 6.45) is 1.30. The van der Waals surface area contributed by atoms with Gasteiger partial charge in [0.15, 0.2) is 0 Å². The normalized spacial score (nSPS) is 24.3. The van der Waals surface area contributed by atoms with Crippen LogP contribution in [0.5, 0.6) is 0 Å². The lowest BCUT2D eigenvalue weighted by Gasteiger charge is -2.35. The Hall–Kier alpha value is -1.42. The first-order chi connectivity index (χ1) is 9.37. The van der Waals surface area contributed by atoms with Gasteiger partial charge in [0.05, 0.1) is 5.56 Å². The highest BCUT2D eigenvalue weighted by Gasteiger charge is 2.34. The summed E-state index contributed by atoms with van der Waals surface area (Å²) in [5.74, 6) is 0. The van der Waals surface area contributed by atoms with Gasteiger partial charge in [-0.25, -0.2) is 8.42 Å². The van der Waals surface area contributed by atoms with E-state index in [2.05, 4.69) is 0 Å². The second-order valence-corrected chi connectivity index (χ2v) is 7.17. The van der Waals surface area contributed by atoms with Crippen molar-refractivity contribution >= 4 is 10.0 Å². The topological polar surface area (TPSA) is 87.2 Å². The van der Waals surface area contributed by atoms with E-state index in [1.54, 1.807) is 19.1 Å². The molecule has 108 valence electrons. The van der Waals surface area contributed by atoms with Gasteiger partial charge in [0.25, 0.3) is 0 Å². The number of sulfonamides is 1. The fourth-order valence-corrected chi connectivity index (χ4v) is 4.54. The number of hydrogen-bond donors (Lipinski definition) is 1. The van der Waals surface area contributed by atoms with Crippen molar-refractivity contribution in [2.75, 3.05) is 6.54 Å². The highest BCUT2D eigenvalue weighted by atomic mass is 32.2. The molecule has 0 bridgehead atoms. The highest BCUT2D eigenvalue weighted by Crippen LogP contribution is 2.27. The van der Waals surface area contributed by atoms with Crippen LogP contribution in [-0.2, 0) is 10.0 Å². The van der Waals surface area contributed by atoms with Gasteiger partial charge in [0.1, 0.15) is 11.0 Å². The quantitative estimate of drug-likeness (QED) is 0.892. The Labute approximate surface area is 120 Å². The molecule has 0 spiro atoms. The zero-order chi connectivity index (χ0) is 14.9. The SMILES string of the molecule is Cc1cccc(S(=O)(=O)N2CC[C@@H](N)C[C@H]2C)c1C#N. The van der Waals surface area contributed by atoms with Crippen LogP contribution in [-0.4, -0.2) is 31.4 Å². The number of hydrogen-bond acceptors (Lipinski definition) is 4. The highest BCUT2D eigenvalue weighted by molar-refractivity contribution is 7.89. The van der Waals surface area contributed by atoms with Gasteiger partial charge in [0.2, 0.25) is 10.0 Å². The van der Waals surface area contributed by atoms with Crippen molar-refractivity contribution in [3.63, 3.8) is 0 Å². The lowest BCUT2D eigenvalue weighted by molar-refractivity contribution is 0.247. The third kappa shape index (κ3) is 2.57. The molecular weight excluding hydrogens is 274 g/mol. The molecule has 1 heterocycles. The average Bonchev–Trinajstić information content (AvgIpc) is 2.37. The van der Waals surface area contributed by atoms with Gasteiger partial charge in [-0.1, -0.05) is 12.1 Å². The second kappa shape index (κ2) is 5.52. The van der Waals surface area contributed by atoms with Crippen molar-refractivity contribution in [3.8, 4) is 6.07 Å². The molecule has 2 atom stereocenters. The summed E-state index contributed by atoms with van der Waals surface area (Å²) in [5, 5.41) is 9.22.